The normalized spacial score (nSPS) is 24.2. The Bertz CT molecular complexity index is 510. The van der Waals surface area contributed by atoms with Gasteiger partial charge in [0.15, 0.2) is 17.4 Å². The van der Waals surface area contributed by atoms with Crippen LogP contribution in [0.4, 0.5) is 4.79 Å². The minimum atomic E-state index is -0.543. The summed E-state index contributed by atoms with van der Waals surface area (Å²) in [5.41, 5.74) is 5.18. The van der Waals surface area contributed by atoms with E-state index in [0.29, 0.717) is 11.7 Å². The Labute approximate surface area is 133 Å². The summed E-state index contributed by atoms with van der Waals surface area (Å²) in [6.45, 7) is 2.76. The van der Waals surface area contributed by atoms with Gasteiger partial charge in [0.25, 0.3) is 5.91 Å². The molecule has 0 bridgehead atoms. The summed E-state index contributed by atoms with van der Waals surface area (Å²) < 4.78 is 0. The fourth-order valence-corrected chi connectivity index (χ4v) is 3.35. The number of carbonyl (C=O) groups is 3. The van der Waals surface area contributed by atoms with Gasteiger partial charge in [-0.25, -0.2) is 9.79 Å². The van der Waals surface area contributed by atoms with Crippen LogP contribution in [0.5, 0.6) is 0 Å². The van der Waals surface area contributed by atoms with Gasteiger partial charge in [-0.2, -0.15) is 0 Å². The van der Waals surface area contributed by atoms with Gasteiger partial charge in [-0.3, -0.25) is 14.9 Å². The van der Waals surface area contributed by atoms with Crippen molar-refractivity contribution < 1.29 is 14.4 Å². The van der Waals surface area contributed by atoms with Gasteiger partial charge in [0.1, 0.15) is 0 Å². The zero-order chi connectivity index (χ0) is 16.3. The molecule has 0 aromatic heterocycles. The number of amidine groups is 1. The molecule has 0 aromatic carbocycles. The molecule has 3 N–H and O–H groups in total. The van der Waals surface area contributed by atoms with Crippen molar-refractivity contribution in [3.63, 3.8) is 0 Å². The molecule has 2 atom stereocenters. The number of nitrogens with two attached hydrogens (primary N) is 1. The number of hydrogen-bond donors (Lipinski definition) is 2. The van der Waals surface area contributed by atoms with Crippen molar-refractivity contribution in [1.29, 1.82) is 0 Å². The predicted octanol–water partition coefficient (Wildman–Crippen LogP) is -0.0570. The molecule has 2 aliphatic heterocycles. The molecule has 2 unspecified atom stereocenters. The number of aliphatic imine (C=N–C) groups is 1. The largest absolute Gasteiger partial charge is 0.369 e. The van der Waals surface area contributed by atoms with E-state index in [4.69, 9.17) is 5.73 Å². The zero-order valence-electron chi connectivity index (χ0n) is 12.7. The molecule has 122 valence electrons. The number of imide groups is 1. The number of thioether (sulfide) groups is 1. The predicted molar refractivity (Wildman–Crippen MR) is 84.2 cm³/mol. The SMILES string of the molecule is CCCCCN1C(SCC(N)=O)=NC2C1C(=O)NC(=O)N2C. The number of carbonyl (C=O) groups excluding carboxylic acids is 3. The van der Waals surface area contributed by atoms with Crippen molar-refractivity contribution in [1.82, 2.24) is 15.1 Å². The lowest BCUT2D eigenvalue weighted by molar-refractivity contribution is -0.127. The molecular weight excluding hydrogens is 306 g/mol. The summed E-state index contributed by atoms with van der Waals surface area (Å²) >= 11 is 1.21. The second-order valence-electron chi connectivity index (χ2n) is 5.33. The Kier molecular flexibility index (Phi) is 5.28. The molecule has 9 heteroatoms. The summed E-state index contributed by atoms with van der Waals surface area (Å²) in [7, 11) is 1.61. The Morgan fingerprint density at radius 1 is 1.41 bits per heavy atom. The third-order valence-electron chi connectivity index (χ3n) is 3.67. The van der Waals surface area contributed by atoms with E-state index >= 15 is 0 Å². The van der Waals surface area contributed by atoms with E-state index in [0.717, 1.165) is 19.3 Å². The van der Waals surface area contributed by atoms with Crippen LogP contribution in [0.3, 0.4) is 0 Å². The number of likely N-dealkylation sites (N-methyl/N-ethyl adjacent to an activating group) is 1. The quantitative estimate of drug-likeness (QED) is 0.665. The number of hydrogen-bond acceptors (Lipinski definition) is 6. The van der Waals surface area contributed by atoms with E-state index in [1.165, 1.54) is 16.7 Å². The number of primary amides is 1. The lowest BCUT2D eigenvalue weighted by atomic mass is 10.1. The van der Waals surface area contributed by atoms with Gasteiger partial charge in [-0.1, -0.05) is 31.5 Å². The molecule has 1 fully saturated rings. The molecule has 1 saturated heterocycles. The fourth-order valence-electron chi connectivity index (χ4n) is 2.52. The maximum atomic E-state index is 12.2. The third kappa shape index (κ3) is 3.34. The van der Waals surface area contributed by atoms with Crippen LogP contribution >= 0.6 is 11.8 Å². The fraction of sp³-hybridized carbons (Fsp3) is 0.692. The highest BCUT2D eigenvalue weighted by molar-refractivity contribution is 8.14. The van der Waals surface area contributed by atoms with Crippen LogP contribution in [-0.2, 0) is 9.59 Å². The van der Waals surface area contributed by atoms with Crippen LogP contribution in [0.2, 0.25) is 0 Å². The summed E-state index contributed by atoms with van der Waals surface area (Å²) in [4.78, 5) is 42.7. The van der Waals surface area contributed by atoms with Crippen molar-refractivity contribution in [2.75, 3.05) is 19.3 Å². The number of nitrogens with one attached hydrogen (secondary N) is 1. The summed E-state index contributed by atoms with van der Waals surface area (Å²) in [6.07, 6.45) is 2.48. The van der Waals surface area contributed by atoms with Crippen LogP contribution in [0.1, 0.15) is 26.2 Å². The summed E-state index contributed by atoms with van der Waals surface area (Å²) in [5.74, 6) is -0.685. The molecule has 0 spiro atoms. The first-order valence-electron chi connectivity index (χ1n) is 7.29. The molecule has 0 aliphatic carbocycles. The van der Waals surface area contributed by atoms with E-state index in [-0.39, 0.29) is 11.7 Å². The van der Waals surface area contributed by atoms with Crippen LogP contribution < -0.4 is 11.1 Å². The van der Waals surface area contributed by atoms with Gasteiger partial charge in [0, 0.05) is 13.6 Å². The van der Waals surface area contributed by atoms with Gasteiger partial charge in [0.2, 0.25) is 5.91 Å². The molecule has 0 saturated carbocycles. The second-order valence-corrected chi connectivity index (χ2v) is 6.27. The molecule has 8 nitrogen and oxygen atoms in total. The first kappa shape index (κ1) is 16.6. The van der Waals surface area contributed by atoms with Crippen LogP contribution in [0, 0.1) is 0 Å². The highest BCUT2D eigenvalue weighted by Crippen LogP contribution is 2.28. The van der Waals surface area contributed by atoms with Gasteiger partial charge in [-0.15, -0.1) is 0 Å². The number of fused-ring (bicyclic) bond motifs is 1. The molecule has 4 amide bonds. The van der Waals surface area contributed by atoms with Gasteiger partial charge in [-0.05, 0) is 6.42 Å². The summed E-state index contributed by atoms with van der Waals surface area (Å²) in [6, 6.07) is -0.986. The number of amides is 4. The number of rotatable bonds is 6. The van der Waals surface area contributed by atoms with Gasteiger partial charge in [0.05, 0.1) is 5.75 Å². The zero-order valence-corrected chi connectivity index (χ0v) is 13.6. The van der Waals surface area contributed by atoms with Crippen molar-refractivity contribution in [3.8, 4) is 0 Å². The van der Waals surface area contributed by atoms with E-state index in [1.807, 2.05) is 4.90 Å². The van der Waals surface area contributed by atoms with E-state index in [9.17, 15) is 14.4 Å². The lowest BCUT2D eigenvalue weighted by Gasteiger charge is -2.36. The smallest absolute Gasteiger partial charge is 0.325 e. The number of unbranched alkanes of at least 4 members (excludes halogenated alkanes) is 2. The van der Waals surface area contributed by atoms with Crippen molar-refractivity contribution in [3.05, 3.63) is 0 Å². The molecule has 0 aromatic rings. The first-order chi connectivity index (χ1) is 10.5. The maximum absolute atomic E-state index is 12.2. The van der Waals surface area contributed by atoms with E-state index in [2.05, 4.69) is 17.2 Å². The van der Waals surface area contributed by atoms with Gasteiger partial charge < -0.3 is 15.5 Å². The van der Waals surface area contributed by atoms with E-state index < -0.39 is 24.1 Å². The average molecular weight is 327 g/mol. The topological polar surface area (TPSA) is 108 Å². The molecule has 0 radical (unpaired) electrons. The van der Waals surface area contributed by atoms with Crippen LogP contribution in [0.15, 0.2) is 4.99 Å². The second kappa shape index (κ2) is 6.99. The Morgan fingerprint density at radius 3 is 2.77 bits per heavy atom. The third-order valence-corrected chi connectivity index (χ3v) is 4.70. The van der Waals surface area contributed by atoms with Crippen molar-refractivity contribution >= 4 is 34.8 Å². The van der Waals surface area contributed by atoms with Crippen molar-refractivity contribution in [2.24, 2.45) is 10.7 Å². The van der Waals surface area contributed by atoms with Crippen LogP contribution in [-0.4, -0.2) is 64.4 Å². The standard InChI is InChI=1S/C13H21N5O3S/c1-3-4-5-6-18-9-10(15-13(18)22-7-8(14)19)17(2)12(21)16-11(9)20/h9-10H,3-7H2,1-2H3,(H2,14,19)(H,16,20,21). The molecular formula is C13H21N5O3S. The minimum Gasteiger partial charge on any atom is -0.369 e. The summed E-state index contributed by atoms with van der Waals surface area (Å²) in [5, 5.41) is 2.94. The Balaban J connectivity index is 2.18. The number of nitrogens with zero attached hydrogens (tertiary/aromatic N) is 3. The maximum Gasteiger partial charge on any atom is 0.325 e. The Hall–Kier alpha value is -1.77. The number of urea groups is 1. The molecule has 2 rings (SSSR count). The molecule has 2 heterocycles. The molecule has 22 heavy (non-hydrogen) atoms. The highest BCUT2D eigenvalue weighted by atomic mass is 32.2. The van der Waals surface area contributed by atoms with Crippen molar-refractivity contribution in [2.45, 2.75) is 38.4 Å². The van der Waals surface area contributed by atoms with Gasteiger partial charge >= 0.3 is 6.03 Å². The highest BCUT2D eigenvalue weighted by Gasteiger charge is 2.48. The lowest BCUT2D eigenvalue weighted by Crippen LogP contribution is -2.63. The monoisotopic (exact) mass is 327 g/mol. The average Bonchev–Trinajstić information content (AvgIpc) is 2.82. The first-order valence-corrected chi connectivity index (χ1v) is 8.27. The van der Waals surface area contributed by atoms with Crippen LogP contribution in [0.25, 0.3) is 0 Å². The molecule has 2 aliphatic rings. The van der Waals surface area contributed by atoms with E-state index in [1.54, 1.807) is 7.05 Å². The minimum absolute atomic E-state index is 0.0990. The Morgan fingerprint density at radius 2 is 2.14 bits per heavy atom.